The van der Waals surface area contributed by atoms with Gasteiger partial charge in [-0.25, -0.2) is 0 Å². The molecule has 2 aliphatic heterocycles. The van der Waals surface area contributed by atoms with Crippen LogP contribution in [0.4, 0.5) is 0 Å². The maximum atomic E-state index is 12.2. The molecule has 4 heteroatoms. The minimum Gasteiger partial charge on any atom is -0.354 e. The highest BCUT2D eigenvalue weighted by Gasteiger charge is 2.26. The van der Waals surface area contributed by atoms with Gasteiger partial charge in [-0.05, 0) is 57.2 Å². The summed E-state index contributed by atoms with van der Waals surface area (Å²) in [6.45, 7) is 9.85. The Morgan fingerprint density at radius 2 is 2.15 bits per heavy atom. The number of nitrogens with zero attached hydrogens (tertiary/aromatic N) is 1. The molecule has 0 bridgehead atoms. The van der Waals surface area contributed by atoms with E-state index in [0.717, 1.165) is 26.1 Å². The number of rotatable bonds is 6. The predicted octanol–water partition coefficient (Wildman–Crippen LogP) is 1.61. The van der Waals surface area contributed by atoms with Crippen molar-refractivity contribution in [3.8, 4) is 0 Å². The molecular weight excluding hydrogens is 250 g/mol. The average Bonchev–Trinajstić information content (AvgIpc) is 2.97. The molecule has 0 radical (unpaired) electrons. The van der Waals surface area contributed by atoms with Gasteiger partial charge in [0.1, 0.15) is 0 Å². The highest BCUT2D eigenvalue weighted by Crippen LogP contribution is 2.19. The van der Waals surface area contributed by atoms with E-state index in [1.54, 1.807) is 0 Å². The van der Waals surface area contributed by atoms with Crippen LogP contribution in [0.3, 0.4) is 0 Å². The van der Waals surface area contributed by atoms with Crippen LogP contribution in [0.2, 0.25) is 0 Å². The van der Waals surface area contributed by atoms with Gasteiger partial charge >= 0.3 is 0 Å². The molecule has 2 aliphatic rings. The first kappa shape index (κ1) is 15.8. The van der Waals surface area contributed by atoms with Crippen molar-refractivity contribution in [3.63, 3.8) is 0 Å². The number of hydrogen-bond acceptors (Lipinski definition) is 3. The molecular formula is C16H31N3O. The van der Waals surface area contributed by atoms with Gasteiger partial charge in [0, 0.05) is 13.1 Å². The molecule has 2 saturated heterocycles. The number of likely N-dealkylation sites (tertiary alicyclic amines) is 1. The fraction of sp³-hybridized carbons (Fsp3) is 0.938. The van der Waals surface area contributed by atoms with E-state index < -0.39 is 0 Å². The highest BCUT2D eigenvalue weighted by atomic mass is 16.2. The van der Waals surface area contributed by atoms with Crippen molar-refractivity contribution in [2.75, 3.05) is 32.7 Å². The molecule has 2 N–H and O–H groups in total. The zero-order valence-electron chi connectivity index (χ0n) is 13.2. The van der Waals surface area contributed by atoms with E-state index in [2.05, 4.69) is 29.4 Å². The smallest absolute Gasteiger partial charge is 0.237 e. The van der Waals surface area contributed by atoms with E-state index in [1.165, 1.54) is 38.8 Å². The number of amides is 1. The van der Waals surface area contributed by atoms with Crippen LogP contribution < -0.4 is 10.6 Å². The summed E-state index contributed by atoms with van der Waals surface area (Å²) in [5.41, 5.74) is 0. The second kappa shape index (κ2) is 7.99. The highest BCUT2D eigenvalue weighted by molar-refractivity contribution is 5.81. The molecule has 116 valence electrons. The number of carbonyl (C=O) groups is 1. The van der Waals surface area contributed by atoms with Crippen molar-refractivity contribution in [1.29, 1.82) is 0 Å². The summed E-state index contributed by atoms with van der Waals surface area (Å²) in [5, 5.41) is 6.50. The number of piperidine rings is 1. The van der Waals surface area contributed by atoms with Gasteiger partial charge in [-0.15, -0.1) is 0 Å². The lowest BCUT2D eigenvalue weighted by molar-refractivity contribution is -0.124. The Bertz CT molecular complexity index is 302. The number of nitrogens with one attached hydrogen (secondary N) is 2. The molecule has 0 aromatic heterocycles. The Balaban J connectivity index is 1.65. The maximum Gasteiger partial charge on any atom is 0.237 e. The lowest BCUT2D eigenvalue weighted by Crippen LogP contribution is -2.49. The molecule has 2 heterocycles. The molecule has 0 aromatic rings. The van der Waals surface area contributed by atoms with E-state index in [-0.39, 0.29) is 11.9 Å². The van der Waals surface area contributed by atoms with Gasteiger partial charge in [0.25, 0.3) is 0 Å². The van der Waals surface area contributed by atoms with Crippen LogP contribution in [0.5, 0.6) is 0 Å². The van der Waals surface area contributed by atoms with Crippen LogP contribution in [0.15, 0.2) is 0 Å². The van der Waals surface area contributed by atoms with Crippen molar-refractivity contribution in [3.05, 3.63) is 0 Å². The molecule has 2 fully saturated rings. The number of carbonyl (C=O) groups excluding carboxylic acids is 1. The van der Waals surface area contributed by atoms with Crippen molar-refractivity contribution in [2.24, 2.45) is 11.8 Å². The maximum absolute atomic E-state index is 12.2. The van der Waals surface area contributed by atoms with Gasteiger partial charge in [0.2, 0.25) is 5.91 Å². The molecule has 3 atom stereocenters. The first-order valence-electron chi connectivity index (χ1n) is 8.42. The predicted molar refractivity (Wildman–Crippen MR) is 82.7 cm³/mol. The van der Waals surface area contributed by atoms with Crippen molar-refractivity contribution < 1.29 is 4.79 Å². The first-order valence-corrected chi connectivity index (χ1v) is 8.42. The third-order valence-corrected chi connectivity index (χ3v) is 4.80. The van der Waals surface area contributed by atoms with E-state index in [4.69, 9.17) is 0 Å². The first-order chi connectivity index (χ1) is 9.69. The van der Waals surface area contributed by atoms with Crippen molar-refractivity contribution in [1.82, 2.24) is 15.5 Å². The van der Waals surface area contributed by atoms with Crippen LogP contribution in [-0.4, -0.2) is 49.6 Å². The summed E-state index contributed by atoms with van der Waals surface area (Å²) < 4.78 is 0. The molecule has 1 amide bonds. The summed E-state index contributed by atoms with van der Waals surface area (Å²) >= 11 is 0. The molecule has 20 heavy (non-hydrogen) atoms. The van der Waals surface area contributed by atoms with Gasteiger partial charge in [0.15, 0.2) is 0 Å². The minimum absolute atomic E-state index is 0.0349. The molecule has 0 saturated carbocycles. The van der Waals surface area contributed by atoms with Crippen LogP contribution in [-0.2, 0) is 4.79 Å². The average molecular weight is 281 g/mol. The molecule has 2 rings (SSSR count). The van der Waals surface area contributed by atoms with Gasteiger partial charge in [-0.2, -0.15) is 0 Å². The van der Waals surface area contributed by atoms with Crippen molar-refractivity contribution >= 4 is 5.91 Å². The largest absolute Gasteiger partial charge is 0.354 e. The Morgan fingerprint density at radius 1 is 1.40 bits per heavy atom. The van der Waals surface area contributed by atoms with E-state index in [9.17, 15) is 4.79 Å². The SMILES string of the molecule is CCC1CCNC(C(=O)NCC(C)CN2CCCC2)C1. The monoisotopic (exact) mass is 281 g/mol. The van der Waals surface area contributed by atoms with Crippen LogP contribution >= 0.6 is 0 Å². The molecule has 0 aromatic carbocycles. The Morgan fingerprint density at radius 3 is 2.85 bits per heavy atom. The molecule has 3 unspecified atom stereocenters. The Kier molecular flexibility index (Phi) is 6.30. The summed E-state index contributed by atoms with van der Waals surface area (Å²) in [5.74, 6) is 1.47. The Hall–Kier alpha value is -0.610. The second-order valence-electron chi connectivity index (χ2n) is 6.66. The zero-order valence-corrected chi connectivity index (χ0v) is 13.2. The third-order valence-electron chi connectivity index (χ3n) is 4.80. The summed E-state index contributed by atoms with van der Waals surface area (Å²) in [4.78, 5) is 14.7. The van der Waals surface area contributed by atoms with E-state index in [0.29, 0.717) is 11.8 Å². The van der Waals surface area contributed by atoms with E-state index in [1.807, 2.05) is 0 Å². The summed E-state index contributed by atoms with van der Waals surface area (Å²) in [6, 6.07) is 0.0349. The molecule has 4 nitrogen and oxygen atoms in total. The summed E-state index contributed by atoms with van der Waals surface area (Å²) in [6.07, 6.45) is 6.08. The molecule has 0 aliphatic carbocycles. The minimum atomic E-state index is 0.0349. The van der Waals surface area contributed by atoms with Crippen LogP contribution in [0, 0.1) is 11.8 Å². The van der Waals surface area contributed by atoms with Gasteiger partial charge in [-0.3, -0.25) is 4.79 Å². The van der Waals surface area contributed by atoms with Gasteiger partial charge in [0.05, 0.1) is 6.04 Å². The fourth-order valence-corrected chi connectivity index (χ4v) is 3.44. The van der Waals surface area contributed by atoms with Crippen molar-refractivity contribution in [2.45, 2.75) is 52.0 Å². The van der Waals surface area contributed by atoms with Gasteiger partial charge in [-0.1, -0.05) is 20.3 Å². The summed E-state index contributed by atoms with van der Waals surface area (Å²) in [7, 11) is 0. The van der Waals surface area contributed by atoms with Crippen LogP contribution in [0.25, 0.3) is 0 Å². The Labute approximate surface area is 123 Å². The molecule has 0 spiro atoms. The van der Waals surface area contributed by atoms with Crippen LogP contribution in [0.1, 0.15) is 46.0 Å². The normalized spacial score (nSPS) is 29.3. The zero-order chi connectivity index (χ0) is 14.4. The standard InChI is InChI=1S/C16H31N3O/c1-3-14-6-7-17-15(10-14)16(20)18-11-13(2)12-19-8-4-5-9-19/h13-15,17H,3-12H2,1-2H3,(H,18,20). The lowest BCUT2D eigenvalue weighted by atomic mass is 9.90. The van der Waals surface area contributed by atoms with E-state index >= 15 is 0 Å². The van der Waals surface area contributed by atoms with Gasteiger partial charge < -0.3 is 15.5 Å². The lowest BCUT2D eigenvalue weighted by Gasteiger charge is -2.29. The second-order valence-corrected chi connectivity index (χ2v) is 6.66. The topological polar surface area (TPSA) is 44.4 Å². The third kappa shape index (κ3) is 4.74. The quantitative estimate of drug-likeness (QED) is 0.777. The number of hydrogen-bond donors (Lipinski definition) is 2. The fourth-order valence-electron chi connectivity index (χ4n) is 3.44.